The Morgan fingerprint density at radius 3 is 2.50 bits per heavy atom. The van der Waals surface area contributed by atoms with Gasteiger partial charge in [-0.05, 0) is 37.1 Å². The number of benzene rings is 2. The number of hydrogen-bond acceptors (Lipinski definition) is 4. The highest BCUT2D eigenvalue weighted by molar-refractivity contribution is 5.79. The lowest BCUT2D eigenvalue weighted by molar-refractivity contribution is -0.122. The van der Waals surface area contributed by atoms with Gasteiger partial charge < -0.3 is 25.8 Å². The van der Waals surface area contributed by atoms with Crippen LogP contribution in [0.2, 0.25) is 0 Å². The molecule has 0 spiro atoms. The molecular weight excluding hydrogens is 380 g/mol. The van der Waals surface area contributed by atoms with Crippen molar-refractivity contribution >= 4 is 11.9 Å². The fourth-order valence-electron chi connectivity index (χ4n) is 2.88. The van der Waals surface area contributed by atoms with Crippen LogP contribution >= 0.6 is 0 Å². The maximum Gasteiger partial charge on any atom is 0.257 e. The van der Waals surface area contributed by atoms with Crippen LogP contribution in [-0.2, 0) is 11.3 Å². The van der Waals surface area contributed by atoms with Crippen LogP contribution in [0.25, 0.3) is 0 Å². The number of carbonyl (C=O) groups is 1. The summed E-state index contributed by atoms with van der Waals surface area (Å²) in [6.07, 6.45) is 0. The van der Waals surface area contributed by atoms with E-state index in [2.05, 4.69) is 20.9 Å². The zero-order valence-electron chi connectivity index (χ0n) is 17.7. The topological polar surface area (TPSA) is 95.0 Å². The molecule has 2 rings (SSSR count). The summed E-state index contributed by atoms with van der Waals surface area (Å²) >= 11 is 0. The van der Waals surface area contributed by atoms with Crippen molar-refractivity contribution in [1.82, 2.24) is 16.0 Å². The van der Waals surface area contributed by atoms with Crippen molar-refractivity contribution in [3.05, 3.63) is 65.7 Å². The molecule has 1 atom stereocenters. The van der Waals surface area contributed by atoms with E-state index in [0.29, 0.717) is 31.3 Å². The lowest BCUT2D eigenvalue weighted by Gasteiger charge is -2.18. The predicted octanol–water partition coefficient (Wildman–Crippen LogP) is 2.03. The van der Waals surface area contributed by atoms with E-state index >= 15 is 0 Å². The number of nitrogens with zero attached hydrogens (tertiary/aromatic N) is 1. The summed E-state index contributed by atoms with van der Waals surface area (Å²) in [5, 5.41) is 19.0. The second-order valence-corrected chi connectivity index (χ2v) is 6.76. The lowest BCUT2D eigenvalue weighted by atomic mass is 10.0. The molecule has 7 nitrogen and oxygen atoms in total. The Kier molecular flexibility index (Phi) is 10.2. The lowest BCUT2D eigenvalue weighted by Crippen LogP contribution is -2.39. The third-order valence-electron chi connectivity index (χ3n) is 4.41. The molecule has 0 heterocycles. The first-order valence-electron chi connectivity index (χ1n) is 10.3. The van der Waals surface area contributed by atoms with Crippen molar-refractivity contribution in [1.29, 1.82) is 0 Å². The number of amides is 1. The van der Waals surface area contributed by atoms with Crippen molar-refractivity contribution in [2.75, 3.05) is 32.8 Å². The number of aliphatic imine (C=N–C) groups is 1. The SMILES string of the molecule is CCNC(=O)COc1cccc(CN=C(NCC)NCC(CO)c2ccccc2)c1. The molecule has 0 aliphatic heterocycles. The average Bonchev–Trinajstić information content (AvgIpc) is 2.77. The average molecular weight is 413 g/mol. The zero-order chi connectivity index (χ0) is 21.6. The number of likely N-dealkylation sites (N-methyl/N-ethyl adjacent to an activating group) is 1. The summed E-state index contributed by atoms with van der Waals surface area (Å²) in [5.41, 5.74) is 2.06. The molecule has 0 fully saturated rings. The van der Waals surface area contributed by atoms with Gasteiger partial charge in [0.15, 0.2) is 12.6 Å². The standard InChI is InChI=1S/C23H32N4O3/c1-3-24-22(29)17-30-21-12-8-9-18(13-21)14-26-23(25-4-2)27-15-20(16-28)19-10-6-5-7-11-19/h5-13,20,28H,3-4,14-17H2,1-2H3,(H,24,29)(H2,25,26,27). The molecule has 0 aromatic heterocycles. The molecular formula is C23H32N4O3. The van der Waals surface area contributed by atoms with Crippen molar-refractivity contribution < 1.29 is 14.6 Å². The van der Waals surface area contributed by atoms with Gasteiger partial charge in [0.25, 0.3) is 5.91 Å². The summed E-state index contributed by atoms with van der Waals surface area (Å²) in [6.45, 7) is 6.27. The van der Waals surface area contributed by atoms with Gasteiger partial charge in [0.1, 0.15) is 5.75 Å². The van der Waals surface area contributed by atoms with Crippen molar-refractivity contribution in [3.63, 3.8) is 0 Å². The van der Waals surface area contributed by atoms with E-state index in [1.807, 2.05) is 68.4 Å². The first-order valence-corrected chi connectivity index (χ1v) is 10.3. The molecule has 0 bridgehead atoms. The van der Waals surface area contributed by atoms with Crippen molar-refractivity contribution in [2.24, 2.45) is 4.99 Å². The maximum atomic E-state index is 11.6. The highest BCUT2D eigenvalue weighted by Gasteiger charge is 2.11. The third kappa shape index (κ3) is 8.13. The quantitative estimate of drug-likeness (QED) is 0.335. The first-order chi connectivity index (χ1) is 14.7. The van der Waals surface area contributed by atoms with Crippen LogP contribution in [0, 0.1) is 0 Å². The Bertz CT molecular complexity index is 796. The van der Waals surface area contributed by atoms with Crippen LogP contribution < -0.4 is 20.7 Å². The largest absolute Gasteiger partial charge is 0.484 e. The zero-order valence-corrected chi connectivity index (χ0v) is 17.7. The second-order valence-electron chi connectivity index (χ2n) is 6.76. The van der Waals surface area contributed by atoms with Crippen LogP contribution in [0.4, 0.5) is 0 Å². The molecule has 0 saturated carbocycles. The fraction of sp³-hybridized carbons (Fsp3) is 0.391. The molecule has 30 heavy (non-hydrogen) atoms. The van der Waals surface area contributed by atoms with Crippen LogP contribution in [0.3, 0.4) is 0 Å². The molecule has 4 N–H and O–H groups in total. The Morgan fingerprint density at radius 2 is 1.80 bits per heavy atom. The van der Waals surface area contributed by atoms with Crippen LogP contribution in [0.5, 0.6) is 5.75 Å². The molecule has 162 valence electrons. The predicted molar refractivity (Wildman–Crippen MR) is 120 cm³/mol. The minimum Gasteiger partial charge on any atom is -0.484 e. The van der Waals surface area contributed by atoms with E-state index in [1.165, 1.54) is 0 Å². The third-order valence-corrected chi connectivity index (χ3v) is 4.41. The Morgan fingerprint density at radius 1 is 1.03 bits per heavy atom. The van der Waals surface area contributed by atoms with Gasteiger partial charge in [-0.25, -0.2) is 4.99 Å². The summed E-state index contributed by atoms with van der Waals surface area (Å²) in [5.74, 6) is 1.16. The minimum atomic E-state index is -0.142. The summed E-state index contributed by atoms with van der Waals surface area (Å²) in [4.78, 5) is 16.2. The van der Waals surface area contributed by atoms with Gasteiger partial charge >= 0.3 is 0 Å². The van der Waals surface area contributed by atoms with E-state index < -0.39 is 0 Å². The first kappa shape index (κ1) is 23.2. The number of rotatable bonds is 11. The molecule has 1 amide bonds. The van der Waals surface area contributed by atoms with Crippen molar-refractivity contribution in [2.45, 2.75) is 26.3 Å². The number of carbonyl (C=O) groups excluding carboxylic acids is 1. The number of ether oxygens (including phenoxy) is 1. The van der Waals surface area contributed by atoms with Gasteiger partial charge in [0.05, 0.1) is 13.2 Å². The summed E-state index contributed by atoms with van der Waals surface area (Å²) in [6, 6.07) is 17.5. The van der Waals surface area contributed by atoms with Crippen molar-refractivity contribution in [3.8, 4) is 5.75 Å². The van der Waals surface area contributed by atoms with E-state index in [1.54, 1.807) is 0 Å². The van der Waals surface area contributed by atoms with Gasteiger partial charge in [-0.3, -0.25) is 4.79 Å². The maximum absolute atomic E-state index is 11.6. The highest BCUT2D eigenvalue weighted by Crippen LogP contribution is 2.15. The molecule has 2 aromatic carbocycles. The van der Waals surface area contributed by atoms with Gasteiger partial charge in [0.2, 0.25) is 0 Å². The van der Waals surface area contributed by atoms with Gasteiger partial charge in [-0.1, -0.05) is 42.5 Å². The number of aliphatic hydroxyl groups excluding tert-OH is 1. The highest BCUT2D eigenvalue weighted by atomic mass is 16.5. The second kappa shape index (κ2) is 13.2. The van der Waals surface area contributed by atoms with E-state index in [-0.39, 0.29) is 25.0 Å². The summed E-state index contributed by atoms with van der Waals surface area (Å²) in [7, 11) is 0. The molecule has 1 unspecified atom stereocenters. The molecule has 0 aliphatic rings. The Balaban J connectivity index is 1.95. The molecule has 2 aromatic rings. The Labute approximate surface area is 178 Å². The smallest absolute Gasteiger partial charge is 0.257 e. The van der Waals surface area contributed by atoms with E-state index in [4.69, 9.17) is 4.74 Å². The number of hydrogen-bond donors (Lipinski definition) is 4. The fourth-order valence-corrected chi connectivity index (χ4v) is 2.88. The van der Waals surface area contributed by atoms with Crippen LogP contribution in [-0.4, -0.2) is 49.8 Å². The normalized spacial score (nSPS) is 12.2. The molecule has 7 heteroatoms. The molecule has 0 aliphatic carbocycles. The molecule has 0 saturated heterocycles. The number of aliphatic hydroxyl groups is 1. The number of nitrogens with one attached hydrogen (secondary N) is 3. The van der Waals surface area contributed by atoms with E-state index in [0.717, 1.165) is 17.7 Å². The van der Waals surface area contributed by atoms with Gasteiger partial charge in [-0.2, -0.15) is 0 Å². The van der Waals surface area contributed by atoms with Gasteiger partial charge in [-0.15, -0.1) is 0 Å². The molecule has 0 radical (unpaired) electrons. The van der Waals surface area contributed by atoms with Crippen LogP contribution in [0.15, 0.2) is 59.6 Å². The van der Waals surface area contributed by atoms with Gasteiger partial charge in [0, 0.05) is 25.6 Å². The number of guanidine groups is 1. The minimum absolute atomic E-state index is 0.00715. The Hall–Kier alpha value is -3.06. The summed E-state index contributed by atoms with van der Waals surface area (Å²) < 4.78 is 5.54. The van der Waals surface area contributed by atoms with E-state index in [9.17, 15) is 9.90 Å². The van der Waals surface area contributed by atoms with Crippen LogP contribution in [0.1, 0.15) is 30.9 Å². The monoisotopic (exact) mass is 412 g/mol.